The molecule has 0 bridgehead atoms. The highest BCUT2D eigenvalue weighted by atomic mass is 32.2. The standard InChI is InChI=1S/C8H11NO2S2/c1-9-13(10,11)8-5-3-7(12-2)4-6-8/h3-6,9H,1-2H3. The predicted molar refractivity (Wildman–Crippen MR) is 54.5 cm³/mol. The van der Waals surface area contributed by atoms with Gasteiger partial charge in [0.1, 0.15) is 0 Å². The molecule has 3 nitrogen and oxygen atoms in total. The summed E-state index contributed by atoms with van der Waals surface area (Å²) in [6.45, 7) is 0. The highest BCUT2D eigenvalue weighted by Crippen LogP contribution is 2.17. The molecule has 72 valence electrons. The highest BCUT2D eigenvalue weighted by Gasteiger charge is 2.09. The summed E-state index contributed by atoms with van der Waals surface area (Å²) in [6.07, 6.45) is 1.95. The lowest BCUT2D eigenvalue weighted by molar-refractivity contribution is 0.588. The Balaban J connectivity index is 3.06. The first-order valence-electron chi connectivity index (χ1n) is 3.68. The van der Waals surface area contributed by atoms with Crippen LogP contribution in [0.4, 0.5) is 0 Å². The zero-order chi connectivity index (χ0) is 9.90. The Bertz CT molecular complexity index is 370. The molecule has 0 aliphatic rings. The second-order valence-electron chi connectivity index (χ2n) is 2.38. The first-order chi connectivity index (χ1) is 6.10. The van der Waals surface area contributed by atoms with Crippen molar-refractivity contribution in [1.29, 1.82) is 0 Å². The van der Waals surface area contributed by atoms with E-state index in [4.69, 9.17) is 0 Å². The predicted octanol–water partition coefficient (Wildman–Crippen LogP) is 1.32. The van der Waals surface area contributed by atoms with Crippen LogP contribution in [0.15, 0.2) is 34.1 Å². The van der Waals surface area contributed by atoms with Crippen molar-refractivity contribution in [3.63, 3.8) is 0 Å². The van der Waals surface area contributed by atoms with E-state index in [2.05, 4.69) is 4.72 Å². The van der Waals surface area contributed by atoms with Crippen LogP contribution >= 0.6 is 11.8 Å². The molecule has 1 aromatic rings. The van der Waals surface area contributed by atoms with Gasteiger partial charge in [-0.2, -0.15) is 0 Å². The Morgan fingerprint density at radius 2 is 1.77 bits per heavy atom. The minimum atomic E-state index is -3.28. The zero-order valence-corrected chi connectivity index (χ0v) is 9.08. The van der Waals surface area contributed by atoms with Gasteiger partial charge in [0.15, 0.2) is 0 Å². The molecule has 1 aromatic carbocycles. The molecular weight excluding hydrogens is 206 g/mol. The number of hydrogen-bond acceptors (Lipinski definition) is 3. The molecule has 0 radical (unpaired) electrons. The number of rotatable bonds is 3. The van der Waals surface area contributed by atoms with Crippen LogP contribution in [0.1, 0.15) is 0 Å². The molecule has 0 aliphatic carbocycles. The fourth-order valence-electron chi connectivity index (χ4n) is 0.873. The van der Waals surface area contributed by atoms with Gasteiger partial charge in [-0.25, -0.2) is 13.1 Å². The van der Waals surface area contributed by atoms with E-state index >= 15 is 0 Å². The van der Waals surface area contributed by atoms with E-state index in [0.717, 1.165) is 4.90 Å². The van der Waals surface area contributed by atoms with Crippen LogP contribution in [0.2, 0.25) is 0 Å². The van der Waals surface area contributed by atoms with E-state index in [1.54, 1.807) is 36.0 Å². The molecule has 1 N–H and O–H groups in total. The molecule has 1 rings (SSSR count). The van der Waals surface area contributed by atoms with E-state index in [9.17, 15) is 8.42 Å². The van der Waals surface area contributed by atoms with Crippen molar-refractivity contribution >= 4 is 21.8 Å². The summed E-state index contributed by atoms with van der Waals surface area (Å²) >= 11 is 1.58. The lowest BCUT2D eigenvalue weighted by Crippen LogP contribution is -2.18. The summed E-state index contributed by atoms with van der Waals surface area (Å²) in [5.74, 6) is 0. The van der Waals surface area contributed by atoms with Crippen molar-refractivity contribution in [1.82, 2.24) is 4.72 Å². The van der Waals surface area contributed by atoms with Gasteiger partial charge in [0.05, 0.1) is 4.90 Å². The van der Waals surface area contributed by atoms with Gasteiger partial charge in [-0.15, -0.1) is 11.8 Å². The normalized spacial score (nSPS) is 11.5. The van der Waals surface area contributed by atoms with Gasteiger partial charge in [-0.3, -0.25) is 0 Å². The van der Waals surface area contributed by atoms with E-state index in [1.807, 2.05) is 6.26 Å². The number of thioether (sulfide) groups is 1. The van der Waals surface area contributed by atoms with Gasteiger partial charge in [0.25, 0.3) is 0 Å². The van der Waals surface area contributed by atoms with Crippen LogP contribution in [0, 0.1) is 0 Å². The molecule has 0 saturated carbocycles. The Morgan fingerprint density at radius 3 is 2.15 bits per heavy atom. The molecule has 0 fully saturated rings. The van der Waals surface area contributed by atoms with Crippen molar-refractivity contribution in [2.24, 2.45) is 0 Å². The number of hydrogen-bond donors (Lipinski definition) is 1. The van der Waals surface area contributed by atoms with E-state index in [-0.39, 0.29) is 0 Å². The van der Waals surface area contributed by atoms with Crippen molar-refractivity contribution < 1.29 is 8.42 Å². The third-order valence-corrected chi connectivity index (χ3v) is 3.81. The third kappa shape index (κ3) is 2.46. The van der Waals surface area contributed by atoms with Gasteiger partial charge in [-0.1, -0.05) is 0 Å². The Morgan fingerprint density at radius 1 is 1.23 bits per heavy atom. The Kier molecular flexibility index (Phi) is 3.35. The molecule has 5 heteroatoms. The SMILES string of the molecule is CNS(=O)(=O)c1ccc(SC)cc1. The quantitative estimate of drug-likeness (QED) is 0.777. The average molecular weight is 217 g/mol. The lowest BCUT2D eigenvalue weighted by Gasteiger charge is -2.02. The topological polar surface area (TPSA) is 46.2 Å². The maximum absolute atomic E-state index is 11.3. The third-order valence-electron chi connectivity index (χ3n) is 1.64. The summed E-state index contributed by atoms with van der Waals surface area (Å²) < 4.78 is 24.8. The summed E-state index contributed by atoms with van der Waals surface area (Å²) in [5, 5.41) is 0. The Hall–Kier alpha value is -0.520. The molecule has 0 saturated heterocycles. The maximum Gasteiger partial charge on any atom is 0.240 e. The molecule has 0 aromatic heterocycles. The van der Waals surface area contributed by atoms with Crippen molar-refractivity contribution in [2.75, 3.05) is 13.3 Å². The first-order valence-corrected chi connectivity index (χ1v) is 6.38. The van der Waals surface area contributed by atoms with Gasteiger partial charge in [0.2, 0.25) is 10.0 Å². The number of sulfonamides is 1. The molecule has 13 heavy (non-hydrogen) atoms. The molecule has 0 heterocycles. The van der Waals surface area contributed by atoms with Crippen molar-refractivity contribution in [3.05, 3.63) is 24.3 Å². The van der Waals surface area contributed by atoms with Crippen LogP contribution in [-0.2, 0) is 10.0 Å². The van der Waals surface area contributed by atoms with E-state index < -0.39 is 10.0 Å². The summed E-state index contributed by atoms with van der Waals surface area (Å²) in [5.41, 5.74) is 0. The lowest BCUT2D eigenvalue weighted by atomic mass is 10.4. The minimum absolute atomic E-state index is 0.299. The maximum atomic E-state index is 11.3. The fraction of sp³-hybridized carbons (Fsp3) is 0.250. The van der Waals surface area contributed by atoms with Crippen LogP contribution < -0.4 is 4.72 Å². The van der Waals surface area contributed by atoms with E-state index in [1.165, 1.54) is 7.05 Å². The molecule has 0 amide bonds. The fourth-order valence-corrected chi connectivity index (χ4v) is 2.01. The van der Waals surface area contributed by atoms with Crippen LogP contribution in [-0.4, -0.2) is 21.7 Å². The van der Waals surface area contributed by atoms with Crippen LogP contribution in [0.3, 0.4) is 0 Å². The average Bonchev–Trinajstić information content (AvgIpc) is 2.18. The molecule has 0 spiro atoms. The first kappa shape index (κ1) is 10.6. The summed E-state index contributed by atoms with van der Waals surface area (Å²) in [7, 11) is -1.88. The summed E-state index contributed by atoms with van der Waals surface area (Å²) in [4.78, 5) is 1.35. The zero-order valence-electron chi connectivity index (χ0n) is 7.44. The second-order valence-corrected chi connectivity index (χ2v) is 5.15. The van der Waals surface area contributed by atoms with Gasteiger partial charge in [-0.05, 0) is 37.6 Å². The second kappa shape index (κ2) is 4.13. The minimum Gasteiger partial charge on any atom is -0.214 e. The number of benzene rings is 1. The molecule has 0 atom stereocenters. The van der Waals surface area contributed by atoms with Gasteiger partial charge in [0, 0.05) is 4.90 Å². The molecule has 0 aliphatic heterocycles. The monoisotopic (exact) mass is 217 g/mol. The highest BCUT2D eigenvalue weighted by molar-refractivity contribution is 7.98. The van der Waals surface area contributed by atoms with Crippen LogP contribution in [0.25, 0.3) is 0 Å². The van der Waals surface area contributed by atoms with E-state index in [0.29, 0.717) is 4.90 Å². The Labute approximate surface area is 82.6 Å². The number of nitrogens with one attached hydrogen (secondary N) is 1. The largest absolute Gasteiger partial charge is 0.240 e. The van der Waals surface area contributed by atoms with Gasteiger partial charge < -0.3 is 0 Å². The molecular formula is C8H11NO2S2. The van der Waals surface area contributed by atoms with Crippen LogP contribution in [0.5, 0.6) is 0 Å². The van der Waals surface area contributed by atoms with Crippen molar-refractivity contribution in [3.8, 4) is 0 Å². The summed E-state index contributed by atoms with van der Waals surface area (Å²) in [6, 6.07) is 6.76. The smallest absolute Gasteiger partial charge is 0.214 e. The van der Waals surface area contributed by atoms with Gasteiger partial charge >= 0.3 is 0 Å². The molecule has 0 unspecified atom stereocenters. The van der Waals surface area contributed by atoms with Crippen molar-refractivity contribution in [2.45, 2.75) is 9.79 Å².